The molecule has 1 aromatic heterocycles. The maximum absolute atomic E-state index is 12.5. The fourth-order valence-corrected chi connectivity index (χ4v) is 4.16. The number of aromatic nitrogens is 1. The van der Waals surface area contributed by atoms with Crippen molar-refractivity contribution >= 4 is 11.9 Å². The standard InChI is InChI=1S/C20H30N4O2/c1-2-3-11-22-19(26)23-12-5-8-20(15-23)9-7-18(25)24(16-20)14-17-6-4-10-21-13-17/h4,6,10,13H,2-3,5,7-9,11-12,14-16H2,1H3,(H,22,26). The molecule has 2 aliphatic rings. The molecular weight excluding hydrogens is 328 g/mol. The second-order valence-electron chi connectivity index (χ2n) is 7.72. The van der Waals surface area contributed by atoms with E-state index in [4.69, 9.17) is 0 Å². The van der Waals surface area contributed by atoms with E-state index in [1.165, 1.54) is 0 Å². The predicted octanol–water partition coefficient (Wildman–Crippen LogP) is 2.80. The third-order valence-electron chi connectivity index (χ3n) is 5.60. The highest BCUT2D eigenvalue weighted by molar-refractivity contribution is 5.77. The van der Waals surface area contributed by atoms with E-state index in [-0.39, 0.29) is 17.4 Å². The summed E-state index contributed by atoms with van der Waals surface area (Å²) in [5, 5.41) is 3.03. The topological polar surface area (TPSA) is 65.5 Å². The Balaban J connectivity index is 1.62. The second-order valence-corrected chi connectivity index (χ2v) is 7.72. The summed E-state index contributed by atoms with van der Waals surface area (Å²) >= 11 is 0. The summed E-state index contributed by atoms with van der Waals surface area (Å²) < 4.78 is 0. The molecule has 3 amide bonds. The van der Waals surface area contributed by atoms with Crippen LogP contribution in [0.15, 0.2) is 24.5 Å². The minimum atomic E-state index is 0.0382. The van der Waals surface area contributed by atoms with Crippen LogP contribution in [0.4, 0.5) is 4.79 Å². The summed E-state index contributed by atoms with van der Waals surface area (Å²) in [6.45, 7) is 5.77. The largest absolute Gasteiger partial charge is 0.338 e. The van der Waals surface area contributed by atoms with Gasteiger partial charge in [-0.05, 0) is 37.3 Å². The van der Waals surface area contributed by atoms with Crippen molar-refractivity contribution in [3.8, 4) is 0 Å². The van der Waals surface area contributed by atoms with Crippen molar-refractivity contribution in [2.45, 2.75) is 52.0 Å². The van der Waals surface area contributed by atoms with E-state index in [9.17, 15) is 9.59 Å². The molecule has 2 fully saturated rings. The third kappa shape index (κ3) is 4.54. The lowest BCUT2D eigenvalue weighted by molar-refractivity contribution is -0.139. The maximum atomic E-state index is 12.5. The first-order chi connectivity index (χ1) is 12.6. The number of likely N-dealkylation sites (tertiary alicyclic amines) is 2. The molecule has 3 heterocycles. The number of carbonyl (C=O) groups excluding carboxylic acids is 2. The molecule has 3 rings (SSSR count). The average Bonchev–Trinajstić information content (AvgIpc) is 2.66. The monoisotopic (exact) mass is 358 g/mol. The van der Waals surface area contributed by atoms with E-state index in [1.54, 1.807) is 6.20 Å². The molecule has 0 aromatic carbocycles. The number of unbranched alkanes of at least 4 members (excludes halogenated alkanes) is 1. The maximum Gasteiger partial charge on any atom is 0.317 e. The summed E-state index contributed by atoms with van der Waals surface area (Å²) in [6.07, 6.45) is 9.22. The molecule has 6 nitrogen and oxygen atoms in total. The zero-order valence-electron chi connectivity index (χ0n) is 15.7. The molecule has 1 spiro atoms. The van der Waals surface area contributed by atoms with Crippen molar-refractivity contribution in [1.29, 1.82) is 0 Å². The van der Waals surface area contributed by atoms with Crippen LogP contribution in [0.3, 0.4) is 0 Å². The van der Waals surface area contributed by atoms with Gasteiger partial charge in [-0.25, -0.2) is 4.79 Å². The zero-order chi connectivity index (χ0) is 18.4. The van der Waals surface area contributed by atoms with E-state index in [2.05, 4.69) is 17.2 Å². The number of pyridine rings is 1. The fraction of sp³-hybridized carbons (Fsp3) is 0.650. The molecule has 0 saturated carbocycles. The molecule has 6 heteroatoms. The van der Waals surface area contributed by atoms with Gasteiger partial charge in [-0.2, -0.15) is 0 Å². The predicted molar refractivity (Wildman–Crippen MR) is 100 cm³/mol. The summed E-state index contributed by atoms with van der Waals surface area (Å²) in [6, 6.07) is 3.96. The Kier molecular flexibility index (Phi) is 6.12. The van der Waals surface area contributed by atoms with Gasteiger partial charge in [-0.15, -0.1) is 0 Å². The van der Waals surface area contributed by atoms with Crippen LogP contribution in [0.2, 0.25) is 0 Å². The number of nitrogens with one attached hydrogen (secondary N) is 1. The number of hydrogen-bond donors (Lipinski definition) is 1. The Morgan fingerprint density at radius 1 is 1.35 bits per heavy atom. The van der Waals surface area contributed by atoms with E-state index in [0.717, 1.165) is 63.8 Å². The van der Waals surface area contributed by atoms with Crippen LogP contribution in [-0.2, 0) is 11.3 Å². The van der Waals surface area contributed by atoms with Crippen LogP contribution < -0.4 is 5.32 Å². The molecule has 1 unspecified atom stereocenters. The van der Waals surface area contributed by atoms with Crippen LogP contribution in [-0.4, -0.2) is 52.9 Å². The quantitative estimate of drug-likeness (QED) is 0.823. The molecule has 2 aliphatic heterocycles. The van der Waals surface area contributed by atoms with Gasteiger partial charge in [0.1, 0.15) is 0 Å². The number of piperidine rings is 2. The van der Waals surface area contributed by atoms with Gasteiger partial charge in [0.15, 0.2) is 0 Å². The Labute approximate surface area is 156 Å². The van der Waals surface area contributed by atoms with Gasteiger partial charge >= 0.3 is 6.03 Å². The second kappa shape index (κ2) is 8.52. The molecule has 26 heavy (non-hydrogen) atoms. The van der Waals surface area contributed by atoms with Crippen LogP contribution in [0, 0.1) is 5.41 Å². The molecule has 2 saturated heterocycles. The lowest BCUT2D eigenvalue weighted by atomic mass is 9.73. The van der Waals surface area contributed by atoms with Crippen LogP contribution in [0.25, 0.3) is 0 Å². The van der Waals surface area contributed by atoms with Gasteiger partial charge < -0.3 is 15.1 Å². The van der Waals surface area contributed by atoms with Gasteiger partial charge in [0.05, 0.1) is 0 Å². The third-order valence-corrected chi connectivity index (χ3v) is 5.60. The first kappa shape index (κ1) is 18.7. The minimum absolute atomic E-state index is 0.0382. The highest BCUT2D eigenvalue weighted by Gasteiger charge is 2.42. The van der Waals surface area contributed by atoms with Gasteiger partial charge in [0.2, 0.25) is 5.91 Å². The summed E-state index contributed by atoms with van der Waals surface area (Å²) in [5.41, 5.74) is 1.10. The van der Waals surface area contributed by atoms with E-state index < -0.39 is 0 Å². The first-order valence-corrected chi connectivity index (χ1v) is 9.81. The Hall–Kier alpha value is -2.11. The Morgan fingerprint density at radius 3 is 3.00 bits per heavy atom. The minimum Gasteiger partial charge on any atom is -0.338 e. The van der Waals surface area contributed by atoms with Crippen molar-refractivity contribution in [2.24, 2.45) is 5.41 Å². The van der Waals surface area contributed by atoms with E-state index in [0.29, 0.717) is 13.0 Å². The van der Waals surface area contributed by atoms with Gasteiger partial charge in [-0.1, -0.05) is 19.4 Å². The fourth-order valence-electron chi connectivity index (χ4n) is 4.16. The van der Waals surface area contributed by atoms with Crippen molar-refractivity contribution < 1.29 is 9.59 Å². The molecule has 0 aliphatic carbocycles. The molecule has 142 valence electrons. The number of amides is 3. The number of urea groups is 1. The lowest BCUT2D eigenvalue weighted by Gasteiger charge is -2.48. The van der Waals surface area contributed by atoms with Crippen molar-refractivity contribution in [1.82, 2.24) is 20.1 Å². The highest BCUT2D eigenvalue weighted by atomic mass is 16.2. The smallest absolute Gasteiger partial charge is 0.317 e. The Bertz CT molecular complexity index is 621. The number of carbonyl (C=O) groups is 2. The van der Waals surface area contributed by atoms with E-state index >= 15 is 0 Å². The summed E-state index contributed by atoms with van der Waals surface area (Å²) in [7, 11) is 0. The molecule has 1 N–H and O–H groups in total. The number of hydrogen-bond acceptors (Lipinski definition) is 3. The first-order valence-electron chi connectivity index (χ1n) is 9.81. The van der Waals surface area contributed by atoms with Crippen molar-refractivity contribution in [3.63, 3.8) is 0 Å². The molecule has 1 aromatic rings. The van der Waals surface area contributed by atoms with Gasteiger partial charge in [0.25, 0.3) is 0 Å². The van der Waals surface area contributed by atoms with E-state index in [1.807, 2.05) is 28.1 Å². The summed E-state index contributed by atoms with van der Waals surface area (Å²) in [5.74, 6) is 0.212. The number of rotatable bonds is 5. The van der Waals surface area contributed by atoms with Gasteiger partial charge in [-0.3, -0.25) is 9.78 Å². The SMILES string of the molecule is CCCCNC(=O)N1CCCC2(CCC(=O)N(Cc3cccnc3)C2)C1. The van der Waals surface area contributed by atoms with Crippen LogP contribution in [0.1, 0.15) is 51.0 Å². The highest BCUT2D eigenvalue weighted by Crippen LogP contribution is 2.39. The molecule has 0 radical (unpaired) electrons. The molecule has 1 atom stereocenters. The van der Waals surface area contributed by atoms with Gasteiger partial charge in [0, 0.05) is 57.0 Å². The normalized spacial score (nSPS) is 23.3. The number of nitrogens with zero attached hydrogens (tertiary/aromatic N) is 3. The molecule has 0 bridgehead atoms. The Morgan fingerprint density at radius 2 is 2.23 bits per heavy atom. The molecular formula is C20H30N4O2. The van der Waals surface area contributed by atoms with Crippen molar-refractivity contribution in [3.05, 3.63) is 30.1 Å². The van der Waals surface area contributed by atoms with Crippen LogP contribution in [0.5, 0.6) is 0 Å². The lowest BCUT2D eigenvalue weighted by Crippen LogP contribution is -2.56. The summed E-state index contributed by atoms with van der Waals surface area (Å²) in [4.78, 5) is 33.0. The van der Waals surface area contributed by atoms with Crippen molar-refractivity contribution in [2.75, 3.05) is 26.2 Å². The average molecular weight is 358 g/mol. The van der Waals surface area contributed by atoms with Crippen LogP contribution >= 0.6 is 0 Å². The zero-order valence-corrected chi connectivity index (χ0v) is 15.7.